The minimum absolute atomic E-state index is 0.0401. The maximum atomic E-state index is 12.1. The van der Waals surface area contributed by atoms with Crippen LogP contribution in [-0.4, -0.2) is 48.9 Å². The molecule has 5 nitrogen and oxygen atoms in total. The summed E-state index contributed by atoms with van der Waals surface area (Å²) in [5.41, 5.74) is 0. The lowest BCUT2D eigenvalue weighted by Crippen LogP contribution is -2.50. The minimum Gasteiger partial charge on any atom is -0.354 e. The van der Waals surface area contributed by atoms with Crippen LogP contribution in [0.3, 0.4) is 0 Å². The van der Waals surface area contributed by atoms with Crippen LogP contribution in [0.15, 0.2) is 0 Å². The molecule has 5 heteroatoms. The Hall–Kier alpha value is -1.10. The van der Waals surface area contributed by atoms with Crippen molar-refractivity contribution in [3.63, 3.8) is 0 Å². The quantitative estimate of drug-likeness (QED) is 0.631. The molecule has 0 aliphatic carbocycles. The van der Waals surface area contributed by atoms with Gasteiger partial charge in [0.15, 0.2) is 0 Å². The fourth-order valence-corrected chi connectivity index (χ4v) is 2.28. The highest BCUT2D eigenvalue weighted by molar-refractivity contribution is 5.87. The van der Waals surface area contributed by atoms with Crippen LogP contribution < -0.4 is 10.6 Å². The van der Waals surface area contributed by atoms with Crippen molar-refractivity contribution in [2.45, 2.75) is 31.7 Å². The Labute approximate surface area is 95.6 Å². The van der Waals surface area contributed by atoms with Gasteiger partial charge in [-0.25, -0.2) is 0 Å². The number of nitrogens with zero attached hydrogens (tertiary/aromatic N) is 1. The first kappa shape index (κ1) is 11.4. The fraction of sp³-hybridized carbons (Fsp3) is 0.818. The highest BCUT2D eigenvalue weighted by Crippen LogP contribution is 2.10. The predicted molar refractivity (Wildman–Crippen MR) is 59.8 cm³/mol. The van der Waals surface area contributed by atoms with E-state index < -0.39 is 0 Å². The zero-order valence-corrected chi connectivity index (χ0v) is 9.50. The average Bonchev–Trinajstić information content (AvgIpc) is 2.54. The van der Waals surface area contributed by atoms with Crippen molar-refractivity contribution >= 4 is 11.8 Å². The van der Waals surface area contributed by atoms with Gasteiger partial charge in [0.25, 0.3) is 0 Å². The molecule has 2 aliphatic rings. The summed E-state index contributed by atoms with van der Waals surface area (Å²) in [6, 6.07) is -0.0698. The predicted octanol–water partition coefficient (Wildman–Crippen LogP) is -0.523. The summed E-state index contributed by atoms with van der Waals surface area (Å²) in [5, 5.41) is 6.01. The molecule has 0 aromatic rings. The van der Waals surface area contributed by atoms with Crippen molar-refractivity contribution in [1.29, 1.82) is 0 Å². The van der Waals surface area contributed by atoms with Crippen molar-refractivity contribution in [1.82, 2.24) is 15.5 Å². The van der Waals surface area contributed by atoms with E-state index >= 15 is 0 Å². The Bertz CT molecular complexity index is 274. The van der Waals surface area contributed by atoms with E-state index in [0.29, 0.717) is 13.1 Å². The van der Waals surface area contributed by atoms with E-state index in [2.05, 4.69) is 10.6 Å². The molecule has 0 spiro atoms. The number of carbonyl (C=O) groups is 2. The highest BCUT2D eigenvalue weighted by Gasteiger charge is 2.27. The van der Waals surface area contributed by atoms with Gasteiger partial charge in [0.05, 0.1) is 12.6 Å². The van der Waals surface area contributed by atoms with Crippen LogP contribution in [0.5, 0.6) is 0 Å². The second kappa shape index (κ2) is 5.30. The lowest BCUT2D eigenvalue weighted by Gasteiger charge is -2.28. The first-order valence-electron chi connectivity index (χ1n) is 6.06. The zero-order valence-electron chi connectivity index (χ0n) is 9.50. The van der Waals surface area contributed by atoms with Gasteiger partial charge in [-0.3, -0.25) is 9.59 Å². The first-order valence-corrected chi connectivity index (χ1v) is 6.06. The second-order valence-electron chi connectivity index (χ2n) is 4.47. The van der Waals surface area contributed by atoms with Crippen molar-refractivity contribution in [3.05, 3.63) is 0 Å². The Morgan fingerprint density at radius 3 is 2.88 bits per heavy atom. The number of nitrogens with one attached hydrogen (secondary N) is 2. The van der Waals surface area contributed by atoms with E-state index in [0.717, 1.165) is 32.2 Å². The van der Waals surface area contributed by atoms with Crippen LogP contribution in [0.2, 0.25) is 0 Å². The van der Waals surface area contributed by atoms with Crippen LogP contribution in [-0.2, 0) is 9.59 Å². The molecule has 0 bridgehead atoms. The van der Waals surface area contributed by atoms with E-state index in [1.807, 2.05) is 0 Å². The normalized spacial score (nSPS) is 27.1. The molecule has 90 valence electrons. The van der Waals surface area contributed by atoms with Crippen molar-refractivity contribution in [3.8, 4) is 0 Å². The molecule has 0 saturated carbocycles. The van der Waals surface area contributed by atoms with Crippen LogP contribution in [0, 0.1) is 0 Å². The third-order valence-corrected chi connectivity index (χ3v) is 3.18. The molecular formula is C11H19N3O2. The molecule has 1 atom stereocenters. The Morgan fingerprint density at radius 2 is 2.12 bits per heavy atom. The van der Waals surface area contributed by atoms with Crippen LogP contribution in [0.4, 0.5) is 0 Å². The number of hydrogen-bond donors (Lipinski definition) is 2. The summed E-state index contributed by atoms with van der Waals surface area (Å²) in [6.45, 7) is 2.50. The molecule has 2 heterocycles. The second-order valence-corrected chi connectivity index (χ2v) is 4.47. The number of amides is 2. The van der Waals surface area contributed by atoms with Gasteiger partial charge in [-0.05, 0) is 25.8 Å². The first-order chi connectivity index (χ1) is 7.77. The Morgan fingerprint density at radius 1 is 1.25 bits per heavy atom. The van der Waals surface area contributed by atoms with Crippen LogP contribution in [0.1, 0.15) is 25.7 Å². The van der Waals surface area contributed by atoms with Gasteiger partial charge in [0, 0.05) is 13.1 Å². The van der Waals surface area contributed by atoms with Gasteiger partial charge in [-0.15, -0.1) is 0 Å². The topological polar surface area (TPSA) is 61.4 Å². The van der Waals surface area contributed by atoms with Gasteiger partial charge in [-0.2, -0.15) is 0 Å². The maximum absolute atomic E-state index is 12.1. The van der Waals surface area contributed by atoms with Gasteiger partial charge in [-0.1, -0.05) is 6.42 Å². The maximum Gasteiger partial charge on any atom is 0.240 e. The molecule has 2 fully saturated rings. The molecule has 2 rings (SSSR count). The minimum atomic E-state index is -0.0698. The van der Waals surface area contributed by atoms with Gasteiger partial charge >= 0.3 is 0 Å². The molecule has 2 N–H and O–H groups in total. The third kappa shape index (κ3) is 2.72. The van der Waals surface area contributed by atoms with E-state index in [1.54, 1.807) is 4.90 Å². The van der Waals surface area contributed by atoms with E-state index in [1.165, 1.54) is 0 Å². The molecule has 2 amide bonds. The molecule has 0 radical (unpaired) electrons. The summed E-state index contributed by atoms with van der Waals surface area (Å²) in [6.07, 6.45) is 3.99. The van der Waals surface area contributed by atoms with E-state index in [9.17, 15) is 9.59 Å². The Balaban J connectivity index is 1.93. The summed E-state index contributed by atoms with van der Waals surface area (Å²) in [5.74, 6) is 0.0541. The fourth-order valence-electron chi connectivity index (χ4n) is 2.28. The highest BCUT2D eigenvalue weighted by atomic mass is 16.2. The molecule has 1 unspecified atom stereocenters. The molecule has 16 heavy (non-hydrogen) atoms. The lowest BCUT2D eigenvalue weighted by molar-refractivity contribution is -0.137. The summed E-state index contributed by atoms with van der Waals surface area (Å²) >= 11 is 0. The SMILES string of the molecule is O=C1CN(C(=O)C2CCCCN2)CCCN1. The molecule has 2 saturated heterocycles. The van der Waals surface area contributed by atoms with Gasteiger partial charge in [0.2, 0.25) is 11.8 Å². The van der Waals surface area contributed by atoms with Crippen LogP contribution in [0.25, 0.3) is 0 Å². The standard InChI is InChI=1S/C11H19N3O2/c15-10-8-14(7-3-6-13-10)11(16)9-4-1-2-5-12-9/h9,12H,1-8H2,(H,13,15). The van der Waals surface area contributed by atoms with E-state index in [4.69, 9.17) is 0 Å². The average molecular weight is 225 g/mol. The monoisotopic (exact) mass is 225 g/mol. The Kier molecular flexibility index (Phi) is 3.77. The van der Waals surface area contributed by atoms with Crippen molar-refractivity contribution in [2.24, 2.45) is 0 Å². The van der Waals surface area contributed by atoms with Crippen LogP contribution >= 0.6 is 0 Å². The number of carbonyl (C=O) groups excluding carboxylic acids is 2. The number of piperidine rings is 1. The van der Waals surface area contributed by atoms with Gasteiger partial charge in [0.1, 0.15) is 0 Å². The van der Waals surface area contributed by atoms with Crippen molar-refractivity contribution < 1.29 is 9.59 Å². The van der Waals surface area contributed by atoms with E-state index in [-0.39, 0.29) is 24.4 Å². The smallest absolute Gasteiger partial charge is 0.240 e. The van der Waals surface area contributed by atoms with Gasteiger partial charge < -0.3 is 15.5 Å². The largest absolute Gasteiger partial charge is 0.354 e. The molecular weight excluding hydrogens is 206 g/mol. The number of rotatable bonds is 1. The summed E-state index contributed by atoms with van der Waals surface area (Å²) < 4.78 is 0. The molecule has 0 aromatic heterocycles. The zero-order chi connectivity index (χ0) is 11.4. The summed E-state index contributed by atoms with van der Waals surface area (Å²) in [7, 11) is 0. The molecule has 0 aromatic carbocycles. The lowest BCUT2D eigenvalue weighted by atomic mass is 10.0. The third-order valence-electron chi connectivity index (χ3n) is 3.18. The summed E-state index contributed by atoms with van der Waals surface area (Å²) in [4.78, 5) is 25.2. The van der Waals surface area contributed by atoms with Crippen molar-refractivity contribution in [2.75, 3.05) is 26.2 Å². The molecule has 2 aliphatic heterocycles. The number of hydrogen-bond acceptors (Lipinski definition) is 3.